The summed E-state index contributed by atoms with van der Waals surface area (Å²) in [5.74, 6) is 2.19. The number of aliphatic hydroxyl groups excluding tert-OH is 1. The van der Waals surface area contributed by atoms with Crippen LogP contribution in [0, 0.1) is 6.92 Å². The highest BCUT2D eigenvalue weighted by molar-refractivity contribution is 7.13. The highest BCUT2D eigenvalue weighted by Crippen LogP contribution is 2.34. The molecule has 4 heterocycles. The summed E-state index contributed by atoms with van der Waals surface area (Å²) < 4.78 is 6.16. The lowest BCUT2D eigenvalue weighted by Gasteiger charge is -2.12. The van der Waals surface area contributed by atoms with Crippen LogP contribution in [0.25, 0.3) is 32.7 Å². The van der Waals surface area contributed by atoms with Gasteiger partial charge in [0.1, 0.15) is 16.5 Å². The minimum absolute atomic E-state index is 0.102. The zero-order chi connectivity index (χ0) is 28.0. The minimum Gasteiger partial charge on any atom is -0.438 e. The molecule has 0 aliphatic heterocycles. The molecule has 0 atom stereocenters. The van der Waals surface area contributed by atoms with Gasteiger partial charge in [-0.15, -0.1) is 21.5 Å². The summed E-state index contributed by atoms with van der Waals surface area (Å²) in [6.45, 7) is 2.65. The molecule has 0 aliphatic carbocycles. The molecule has 6 aromatic rings. The van der Waals surface area contributed by atoms with E-state index in [-0.39, 0.29) is 6.61 Å². The minimum atomic E-state index is 0.102. The molecule has 2 aromatic carbocycles. The summed E-state index contributed by atoms with van der Waals surface area (Å²) in [5, 5.41) is 29.3. The number of nitrogens with zero attached hydrogens (tertiary/aromatic N) is 6. The monoisotopic (exact) mass is 562 g/mol. The molecule has 204 valence electrons. The quantitative estimate of drug-likeness (QED) is 0.165. The van der Waals surface area contributed by atoms with Crippen LogP contribution in [0.4, 0.5) is 17.5 Å². The van der Waals surface area contributed by atoms with Gasteiger partial charge in [0, 0.05) is 53.1 Å². The fourth-order valence-corrected chi connectivity index (χ4v) is 5.01. The first kappa shape index (κ1) is 26.2. The smallest absolute Gasteiger partial charge is 0.228 e. The molecule has 41 heavy (non-hydrogen) atoms. The van der Waals surface area contributed by atoms with Gasteiger partial charge in [0.2, 0.25) is 11.8 Å². The summed E-state index contributed by atoms with van der Waals surface area (Å²) in [4.78, 5) is 17.9. The van der Waals surface area contributed by atoms with Gasteiger partial charge in [-0.1, -0.05) is 24.3 Å². The highest BCUT2D eigenvalue weighted by atomic mass is 32.1. The third-order valence-electron chi connectivity index (χ3n) is 6.16. The number of rotatable bonds is 10. The van der Waals surface area contributed by atoms with E-state index in [1.165, 1.54) is 0 Å². The van der Waals surface area contributed by atoms with E-state index in [0.29, 0.717) is 42.1 Å². The second kappa shape index (κ2) is 12.0. The van der Waals surface area contributed by atoms with Gasteiger partial charge in [-0.3, -0.25) is 0 Å². The molecule has 0 amide bonds. The number of hydrogen-bond acceptors (Lipinski definition) is 11. The number of aliphatic hydroxyl groups is 1. The molecule has 3 N–H and O–H groups in total. The molecule has 0 aliphatic rings. The lowest BCUT2D eigenvalue weighted by atomic mass is 10.1. The number of pyridine rings is 1. The van der Waals surface area contributed by atoms with E-state index in [1.54, 1.807) is 29.8 Å². The van der Waals surface area contributed by atoms with Crippen molar-refractivity contribution in [3.05, 3.63) is 90.2 Å². The van der Waals surface area contributed by atoms with Crippen molar-refractivity contribution in [2.45, 2.75) is 13.3 Å². The van der Waals surface area contributed by atoms with E-state index >= 15 is 0 Å². The molecule has 0 saturated carbocycles. The van der Waals surface area contributed by atoms with Crippen molar-refractivity contribution in [1.29, 1.82) is 0 Å². The molecule has 6 rings (SSSR count). The van der Waals surface area contributed by atoms with Crippen molar-refractivity contribution >= 4 is 39.6 Å². The first-order valence-corrected chi connectivity index (χ1v) is 13.9. The molecule has 0 saturated heterocycles. The van der Waals surface area contributed by atoms with Gasteiger partial charge in [-0.05, 0) is 55.8 Å². The Morgan fingerprint density at radius 1 is 0.878 bits per heavy atom. The van der Waals surface area contributed by atoms with Gasteiger partial charge in [0.25, 0.3) is 0 Å². The number of anilines is 3. The Labute approximate surface area is 240 Å². The standard InChI is InChI=1S/C30H26N8O2S/c1-19-18-41-29(34-19)26-22-6-2-3-7-23(22)27(38-37-26)35-20-9-11-21(12-10-20)40-28-24(8-4-14-31-28)25-13-16-33-30(36-25)32-15-5-17-39/h2-4,6-14,16,18,39H,5,15,17H2,1H3,(H,35,38)(H,32,33,36). The summed E-state index contributed by atoms with van der Waals surface area (Å²) in [6.07, 6.45) is 3.97. The topological polar surface area (TPSA) is 131 Å². The van der Waals surface area contributed by atoms with Gasteiger partial charge >= 0.3 is 0 Å². The Kier molecular flexibility index (Phi) is 7.70. The first-order chi connectivity index (χ1) is 20.2. The van der Waals surface area contributed by atoms with Crippen LogP contribution in [-0.4, -0.2) is 48.4 Å². The SMILES string of the molecule is Cc1csc(-c2nnc(Nc3ccc(Oc4ncccc4-c4ccnc(NCCCO)n4)cc3)c3ccccc23)n1. The molecule has 0 bridgehead atoms. The van der Waals surface area contributed by atoms with Crippen LogP contribution in [0.3, 0.4) is 0 Å². The van der Waals surface area contributed by atoms with Crippen molar-refractivity contribution < 1.29 is 9.84 Å². The van der Waals surface area contributed by atoms with E-state index in [1.807, 2.05) is 73.0 Å². The molecule has 0 unspecified atom stereocenters. The molecular weight excluding hydrogens is 536 g/mol. The summed E-state index contributed by atoms with van der Waals surface area (Å²) in [7, 11) is 0. The maximum absolute atomic E-state index is 9.02. The first-order valence-electron chi connectivity index (χ1n) is 13.0. The van der Waals surface area contributed by atoms with Crippen LogP contribution < -0.4 is 15.4 Å². The van der Waals surface area contributed by atoms with Crippen molar-refractivity contribution in [3.8, 4) is 33.6 Å². The Morgan fingerprint density at radius 3 is 2.54 bits per heavy atom. The molecule has 0 fully saturated rings. The normalized spacial score (nSPS) is 11.0. The molecule has 0 spiro atoms. The molecular formula is C30H26N8O2S. The van der Waals surface area contributed by atoms with Gasteiger partial charge in [-0.25, -0.2) is 19.9 Å². The maximum atomic E-state index is 9.02. The van der Waals surface area contributed by atoms with Crippen molar-refractivity contribution in [2.75, 3.05) is 23.8 Å². The second-order valence-electron chi connectivity index (χ2n) is 9.11. The Hall–Kier alpha value is -5.00. The van der Waals surface area contributed by atoms with Crippen LogP contribution in [-0.2, 0) is 0 Å². The van der Waals surface area contributed by atoms with E-state index in [9.17, 15) is 0 Å². The van der Waals surface area contributed by atoms with Crippen molar-refractivity contribution in [2.24, 2.45) is 0 Å². The Morgan fingerprint density at radius 2 is 1.73 bits per heavy atom. The predicted molar refractivity (Wildman–Crippen MR) is 161 cm³/mol. The van der Waals surface area contributed by atoms with E-state index in [4.69, 9.17) is 9.84 Å². The molecule has 4 aromatic heterocycles. The number of aryl methyl sites for hydroxylation is 1. The lowest BCUT2D eigenvalue weighted by Crippen LogP contribution is -2.07. The largest absolute Gasteiger partial charge is 0.438 e. The molecule has 0 radical (unpaired) electrons. The number of ether oxygens (including phenoxy) is 1. The Bertz CT molecular complexity index is 1790. The van der Waals surface area contributed by atoms with Gasteiger partial charge in [-0.2, -0.15) is 0 Å². The number of thiazole rings is 1. The number of hydrogen-bond donors (Lipinski definition) is 3. The summed E-state index contributed by atoms with van der Waals surface area (Å²) in [6, 6.07) is 21.1. The maximum Gasteiger partial charge on any atom is 0.228 e. The third-order valence-corrected chi connectivity index (χ3v) is 7.13. The number of fused-ring (bicyclic) bond motifs is 1. The summed E-state index contributed by atoms with van der Waals surface area (Å²) in [5.41, 5.74) is 3.99. The molecule has 11 heteroatoms. The number of nitrogens with one attached hydrogen (secondary N) is 2. The fraction of sp³-hybridized carbons (Fsp3) is 0.133. The van der Waals surface area contributed by atoms with Crippen molar-refractivity contribution in [3.63, 3.8) is 0 Å². The van der Waals surface area contributed by atoms with Gasteiger partial charge in [0.15, 0.2) is 5.82 Å². The van der Waals surface area contributed by atoms with Crippen LogP contribution >= 0.6 is 11.3 Å². The summed E-state index contributed by atoms with van der Waals surface area (Å²) >= 11 is 1.56. The van der Waals surface area contributed by atoms with Crippen LogP contribution in [0.15, 0.2) is 84.5 Å². The zero-order valence-electron chi connectivity index (χ0n) is 22.2. The fourth-order valence-electron chi connectivity index (χ4n) is 4.21. The van der Waals surface area contributed by atoms with Gasteiger partial charge < -0.3 is 20.5 Å². The average molecular weight is 563 g/mol. The van der Waals surface area contributed by atoms with Gasteiger partial charge in [0.05, 0.1) is 11.3 Å². The lowest BCUT2D eigenvalue weighted by molar-refractivity contribution is 0.292. The van der Waals surface area contributed by atoms with Crippen molar-refractivity contribution in [1.82, 2.24) is 30.1 Å². The highest BCUT2D eigenvalue weighted by Gasteiger charge is 2.14. The van der Waals surface area contributed by atoms with E-state index < -0.39 is 0 Å². The molecule has 10 nitrogen and oxygen atoms in total. The zero-order valence-corrected chi connectivity index (χ0v) is 23.0. The predicted octanol–water partition coefficient (Wildman–Crippen LogP) is 6.24. The Balaban J connectivity index is 1.21. The second-order valence-corrected chi connectivity index (χ2v) is 9.97. The number of benzene rings is 2. The van der Waals surface area contributed by atoms with Crippen LogP contribution in [0.2, 0.25) is 0 Å². The van der Waals surface area contributed by atoms with E-state index in [2.05, 4.69) is 40.8 Å². The van der Waals surface area contributed by atoms with E-state index in [0.717, 1.165) is 38.4 Å². The number of aromatic nitrogens is 6. The average Bonchev–Trinajstić information content (AvgIpc) is 3.45. The third kappa shape index (κ3) is 5.96. The van der Waals surface area contributed by atoms with Crippen LogP contribution in [0.1, 0.15) is 12.1 Å². The van der Waals surface area contributed by atoms with Crippen LogP contribution in [0.5, 0.6) is 11.6 Å².